The Morgan fingerprint density at radius 3 is 2.82 bits per heavy atom. The van der Waals surface area contributed by atoms with Crippen LogP contribution in [-0.4, -0.2) is 28.6 Å². The number of amides is 2. The van der Waals surface area contributed by atoms with Crippen molar-refractivity contribution in [3.8, 4) is 0 Å². The van der Waals surface area contributed by atoms with Gasteiger partial charge in [-0.1, -0.05) is 11.6 Å². The molecule has 0 aliphatic rings. The van der Waals surface area contributed by atoms with E-state index in [1.807, 2.05) is 0 Å². The molecule has 0 unspecified atom stereocenters. The van der Waals surface area contributed by atoms with Gasteiger partial charge in [-0.2, -0.15) is 0 Å². The first-order chi connectivity index (χ1) is 7.99. The number of carboxylic acids is 1. The summed E-state index contributed by atoms with van der Waals surface area (Å²) in [5, 5.41) is 13.8. The van der Waals surface area contributed by atoms with E-state index in [1.54, 1.807) is 13.0 Å². The molecule has 2 amide bonds. The molecule has 0 aromatic carbocycles. The molecule has 0 aliphatic carbocycles. The lowest BCUT2D eigenvalue weighted by atomic mass is 10.3. The van der Waals surface area contributed by atoms with E-state index >= 15 is 0 Å². The second-order valence-electron chi connectivity index (χ2n) is 3.34. The molecule has 0 spiro atoms. The third-order valence-electron chi connectivity index (χ3n) is 1.90. The van der Waals surface area contributed by atoms with E-state index in [1.165, 1.54) is 6.20 Å². The van der Waals surface area contributed by atoms with Crippen molar-refractivity contribution in [1.82, 2.24) is 10.3 Å². The average molecular weight is 258 g/mol. The number of carboxylic acid groups (broad SMARTS) is 1. The highest BCUT2D eigenvalue weighted by Gasteiger charge is 2.06. The van der Waals surface area contributed by atoms with Crippen molar-refractivity contribution in [2.75, 3.05) is 11.9 Å². The normalized spacial score (nSPS) is 9.76. The van der Waals surface area contributed by atoms with E-state index in [0.717, 1.165) is 5.56 Å². The topological polar surface area (TPSA) is 91.3 Å². The molecule has 0 bridgehead atoms. The number of carbonyl (C=O) groups is 2. The molecule has 0 fully saturated rings. The van der Waals surface area contributed by atoms with Gasteiger partial charge in [0.25, 0.3) is 0 Å². The van der Waals surface area contributed by atoms with Crippen LogP contribution in [0.3, 0.4) is 0 Å². The number of urea groups is 1. The molecule has 6 nitrogen and oxygen atoms in total. The molecular formula is C10H12ClN3O3. The zero-order chi connectivity index (χ0) is 12.8. The van der Waals surface area contributed by atoms with Crippen molar-refractivity contribution >= 4 is 29.4 Å². The van der Waals surface area contributed by atoms with Gasteiger partial charge in [0.2, 0.25) is 0 Å². The van der Waals surface area contributed by atoms with Crippen LogP contribution in [0.2, 0.25) is 5.02 Å². The molecule has 0 aliphatic heterocycles. The molecular weight excluding hydrogens is 246 g/mol. The molecule has 0 radical (unpaired) electrons. The summed E-state index contributed by atoms with van der Waals surface area (Å²) in [4.78, 5) is 25.5. The third-order valence-corrected chi connectivity index (χ3v) is 2.11. The quantitative estimate of drug-likeness (QED) is 0.765. The number of pyridine rings is 1. The van der Waals surface area contributed by atoms with Crippen molar-refractivity contribution < 1.29 is 14.7 Å². The minimum atomic E-state index is -0.967. The number of aromatic nitrogens is 1. The Kier molecular flexibility index (Phi) is 4.71. The Morgan fingerprint density at radius 2 is 2.24 bits per heavy atom. The van der Waals surface area contributed by atoms with E-state index in [4.69, 9.17) is 16.7 Å². The maximum Gasteiger partial charge on any atom is 0.320 e. The second-order valence-corrected chi connectivity index (χ2v) is 3.78. The molecule has 1 aromatic rings. The molecule has 0 atom stereocenters. The monoisotopic (exact) mass is 257 g/mol. The summed E-state index contributed by atoms with van der Waals surface area (Å²) in [5.41, 5.74) is 0.728. The van der Waals surface area contributed by atoms with Gasteiger partial charge in [-0.25, -0.2) is 9.78 Å². The highest BCUT2D eigenvalue weighted by Crippen LogP contribution is 2.15. The number of nitrogens with one attached hydrogen (secondary N) is 2. The van der Waals surface area contributed by atoms with Gasteiger partial charge in [-0.05, 0) is 18.6 Å². The Hall–Kier alpha value is -1.82. The van der Waals surface area contributed by atoms with Crippen molar-refractivity contribution in [3.05, 3.63) is 22.8 Å². The van der Waals surface area contributed by atoms with Crippen LogP contribution in [-0.2, 0) is 4.79 Å². The largest absolute Gasteiger partial charge is 0.481 e. The number of nitrogens with zero attached hydrogens (tertiary/aromatic N) is 1. The number of hydrogen-bond donors (Lipinski definition) is 3. The fourth-order valence-electron chi connectivity index (χ4n) is 1.11. The Labute approximate surface area is 103 Å². The van der Waals surface area contributed by atoms with Crippen LogP contribution >= 0.6 is 11.6 Å². The molecule has 3 N–H and O–H groups in total. The van der Waals surface area contributed by atoms with Gasteiger partial charge in [-0.3, -0.25) is 10.1 Å². The fourth-order valence-corrected chi connectivity index (χ4v) is 1.32. The first kappa shape index (κ1) is 13.2. The van der Waals surface area contributed by atoms with Gasteiger partial charge >= 0.3 is 12.0 Å². The standard InChI is InChI=1S/C10H12ClN3O3/c1-6-4-7(11)5-13-9(6)14-10(17)12-3-2-8(15)16/h4-5H,2-3H2,1H3,(H,15,16)(H2,12,13,14,17). The van der Waals surface area contributed by atoms with E-state index in [0.29, 0.717) is 10.8 Å². The molecule has 0 saturated carbocycles. The Morgan fingerprint density at radius 1 is 1.53 bits per heavy atom. The minimum Gasteiger partial charge on any atom is -0.481 e. The smallest absolute Gasteiger partial charge is 0.320 e. The third kappa shape index (κ3) is 4.69. The lowest BCUT2D eigenvalue weighted by molar-refractivity contribution is -0.136. The summed E-state index contributed by atoms with van der Waals surface area (Å²) in [5.74, 6) is -0.576. The Bertz CT molecular complexity index is 437. The highest BCUT2D eigenvalue weighted by atomic mass is 35.5. The highest BCUT2D eigenvalue weighted by molar-refractivity contribution is 6.30. The van der Waals surface area contributed by atoms with Gasteiger partial charge in [0, 0.05) is 12.7 Å². The summed E-state index contributed by atoms with van der Waals surface area (Å²) in [7, 11) is 0. The zero-order valence-corrected chi connectivity index (χ0v) is 9.91. The van der Waals surface area contributed by atoms with Gasteiger partial charge < -0.3 is 10.4 Å². The summed E-state index contributed by atoms with van der Waals surface area (Å²) >= 11 is 5.72. The van der Waals surface area contributed by atoms with E-state index < -0.39 is 12.0 Å². The number of anilines is 1. The summed E-state index contributed by atoms with van der Waals surface area (Å²) < 4.78 is 0. The first-order valence-electron chi connectivity index (χ1n) is 4.88. The molecule has 92 valence electrons. The number of aryl methyl sites for hydroxylation is 1. The number of halogens is 1. The summed E-state index contributed by atoms with van der Waals surface area (Å²) in [6, 6.07) is 1.17. The average Bonchev–Trinajstić information content (AvgIpc) is 2.21. The second kappa shape index (κ2) is 6.05. The van der Waals surface area contributed by atoms with E-state index in [2.05, 4.69) is 15.6 Å². The van der Waals surface area contributed by atoms with E-state index in [9.17, 15) is 9.59 Å². The van der Waals surface area contributed by atoms with Gasteiger partial charge in [0.1, 0.15) is 5.82 Å². The van der Waals surface area contributed by atoms with Crippen LogP contribution in [0.1, 0.15) is 12.0 Å². The number of hydrogen-bond acceptors (Lipinski definition) is 3. The maximum absolute atomic E-state index is 11.3. The van der Waals surface area contributed by atoms with Crippen molar-refractivity contribution in [3.63, 3.8) is 0 Å². The minimum absolute atomic E-state index is 0.0633. The van der Waals surface area contributed by atoms with Crippen molar-refractivity contribution in [2.24, 2.45) is 0 Å². The van der Waals surface area contributed by atoms with Crippen LogP contribution in [0, 0.1) is 6.92 Å². The van der Waals surface area contributed by atoms with E-state index in [-0.39, 0.29) is 13.0 Å². The molecule has 0 saturated heterocycles. The van der Waals surface area contributed by atoms with Crippen LogP contribution in [0.15, 0.2) is 12.3 Å². The fraction of sp³-hybridized carbons (Fsp3) is 0.300. The van der Waals surface area contributed by atoms with Crippen LogP contribution in [0.25, 0.3) is 0 Å². The van der Waals surface area contributed by atoms with Gasteiger partial charge in [0.15, 0.2) is 0 Å². The first-order valence-corrected chi connectivity index (χ1v) is 5.25. The molecule has 1 rings (SSSR count). The van der Waals surface area contributed by atoms with Gasteiger partial charge in [0.05, 0.1) is 11.4 Å². The van der Waals surface area contributed by atoms with Crippen LogP contribution < -0.4 is 10.6 Å². The zero-order valence-electron chi connectivity index (χ0n) is 9.16. The lowest BCUT2D eigenvalue weighted by Gasteiger charge is -2.08. The summed E-state index contributed by atoms with van der Waals surface area (Å²) in [6.45, 7) is 1.82. The number of aliphatic carboxylic acids is 1. The predicted octanol–water partition coefficient (Wildman–Crippen LogP) is 1.64. The maximum atomic E-state index is 11.3. The predicted molar refractivity (Wildman–Crippen MR) is 63.3 cm³/mol. The molecule has 1 aromatic heterocycles. The lowest BCUT2D eigenvalue weighted by Crippen LogP contribution is -2.31. The summed E-state index contributed by atoms with van der Waals surface area (Å²) in [6.07, 6.45) is 1.29. The number of carbonyl (C=O) groups excluding carboxylic acids is 1. The molecule has 1 heterocycles. The van der Waals surface area contributed by atoms with Crippen LogP contribution in [0.4, 0.5) is 10.6 Å². The Balaban J connectivity index is 2.48. The van der Waals surface area contributed by atoms with Crippen molar-refractivity contribution in [2.45, 2.75) is 13.3 Å². The number of rotatable bonds is 4. The van der Waals surface area contributed by atoms with Crippen molar-refractivity contribution in [1.29, 1.82) is 0 Å². The molecule has 17 heavy (non-hydrogen) atoms. The molecule has 7 heteroatoms. The SMILES string of the molecule is Cc1cc(Cl)cnc1NC(=O)NCCC(=O)O. The van der Waals surface area contributed by atoms with Crippen LogP contribution in [0.5, 0.6) is 0 Å². The van der Waals surface area contributed by atoms with Gasteiger partial charge in [-0.15, -0.1) is 0 Å².